The summed E-state index contributed by atoms with van der Waals surface area (Å²) in [6.07, 6.45) is 7.53. The van der Waals surface area contributed by atoms with Gasteiger partial charge in [-0.25, -0.2) is 0 Å². The number of benzene rings is 1. The van der Waals surface area contributed by atoms with E-state index in [1.165, 1.54) is 43.7 Å². The van der Waals surface area contributed by atoms with Crippen LogP contribution in [0.15, 0.2) is 30.9 Å². The van der Waals surface area contributed by atoms with Gasteiger partial charge in [0.15, 0.2) is 0 Å². The summed E-state index contributed by atoms with van der Waals surface area (Å²) in [7, 11) is 0. The Bertz CT molecular complexity index is 514. The first kappa shape index (κ1) is 20.4. The second-order valence-corrected chi connectivity index (χ2v) is 6.65. The van der Waals surface area contributed by atoms with Crippen molar-refractivity contribution in [2.45, 2.75) is 65.4 Å². The fourth-order valence-corrected chi connectivity index (χ4v) is 3.25. The molecule has 1 aliphatic rings. The third-order valence-electron chi connectivity index (χ3n) is 4.52. The van der Waals surface area contributed by atoms with Crippen molar-refractivity contribution in [1.29, 1.82) is 0 Å². The molecule has 0 atom stereocenters. The highest BCUT2D eigenvalue weighted by Crippen LogP contribution is 2.37. The van der Waals surface area contributed by atoms with E-state index in [1.807, 2.05) is 13.0 Å². The van der Waals surface area contributed by atoms with Crippen LogP contribution < -0.4 is 0 Å². The van der Waals surface area contributed by atoms with Crippen LogP contribution in [0.25, 0.3) is 0 Å². The molecule has 0 amide bonds. The molecule has 24 heavy (non-hydrogen) atoms. The van der Waals surface area contributed by atoms with Gasteiger partial charge in [0.1, 0.15) is 0 Å². The number of aliphatic hydroxyl groups is 1. The van der Waals surface area contributed by atoms with Crippen molar-refractivity contribution in [1.82, 2.24) is 0 Å². The average Bonchev–Trinajstić information content (AvgIpc) is 2.56. The van der Waals surface area contributed by atoms with E-state index in [0.29, 0.717) is 12.5 Å². The number of aliphatic hydroxyl groups excluding tert-OH is 1. The molecule has 1 saturated carbocycles. The fourth-order valence-electron chi connectivity index (χ4n) is 3.25. The molecule has 0 bridgehead atoms. The monoisotopic (exact) mass is 332 g/mol. The first-order valence-corrected chi connectivity index (χ1v) is 8.94. The zero-order valence-electron chi connectivity index (χ0n) is 15.4. The van der Waals surface area contributed by atoms with E-state index >= 15 is 0 Å². The molecular weight excluding hydrogens is 300 g/mol. The summed E-state index contributed by atoms with van der Waals surface area (Å²) in [5.74, 6) is 1.21. The SMILES string of the molecule is C=CC.CC(=O)OCCc1cc(CO)ccc1C1CCC(C)CC1. The van der Waals surface area contributed by atoms with Gasteiger partial charge in [0.25, 0.3) is 0 Å². The summed E-state index contributed by atoms with van der Waals surface area (Å²) in [6, 6.07) is 6.24. The Morgan fingerprint density at radius 2 is 1.96 bits per heavy atom. The van der Waals surface area contributed by atoms with E-state index in [0.717, 1.165) is 17.9 Å². The molecule has 0 saturated heterocycles. The minimum atomic E-state index is -0.235. The molecule has 3 heteroatoms. The van der Waals surface area contributed by atoms with Crippen molar-refractivity contribution in [3.63, 3.8) is 0 Å². The maximum Gasteiger partial charge on any atom is 0.302 e. The third kappa shape index (κ3) is 6.88. The van der Waals surface area contributed by atoms with E-state index in [-0.39, 0.29) is 12.6 Å². The number of esters is 1. The number of hydrogen-bond donors (Lipinski definition) is 1. The Labute approximate surface area is 146 Å². The molecule has 1 aromatic carbocycles. The van der Waals surface area contributed by atoms with Crippen LogP contribution in [-0.2, 0) is 22.6 Å². The predicted molar refractivity (Wildman–Crippen MR) is 98.9 cm³/mol. The van der Waals surface area contributed by atoms with Crippen LogP contribution >= 0.6 is 0 Å². The number of carbonyl (C=O) groups is 1. The van der Waals surface area contributed by atoms with E-state index in [9.17, 15) is 9.90 Å². The van der Waals surface area contributed by atoms with E-state index in [1.54, 1.807) is 6.08 Å². The van der Waals surface area contributed by atoms with Crippen molar-refractivity contribution >= 4 is 5.97 Å². The van der Waals surface area contributed by atoms with Crippen molar-refractivity contribution in [2.24, 2.45) is 5.92 Å². The van der Waals surface area contributed by atoms with Crippen LogP contribution in [0.4, 0.5) is 0 Å². The molecule has 2 rings (SSSR count). The summed E-state index contributed by atoms with van der Waals surface area (Å²) in [6.45, 7) is 9.49. The van der Waals surface area contributed by atoms with Crippen LogP contribution in [0.1, 0.15) is 69.1 Å². The van der Waals surface area contributed by atoms with Crippen molar-refractivity contribution < 1.29 is 14.6 Å². The highest BCUT2D eigenvalue weighted by molar-refractivity contribution is 5.65. The molecule has 1 N–H and O–H groups in total. The zero-order valence-corrected chi connectivity index (χ0v) is 15.4. The molecule has 0 aromatic heterocycles. The predicted octanol–water partition coefficient (Wildman–Crippen LogP) is 4.77. The molecule has 1 fully saturated rings. The van der Waals surface area contributed by atoms with Gasteiger partial charge in [-0.15, -0.1) is 6.58 Å². The van der Waals surface area contributed by atoms with Crippen LogP contribution in [0.3, 0.4) is 0 Å². The van der Waals surface area contributed by atoms with Crippen LogP contribution in [0.2, 0.25) is 0 Å². The third-order valence-corrected chi connectivity index (χ3v) is 4.52. The fraction of sp³-hybridized carbons (Fsp3) is 0.571. The van der Waals surface area contributed by atoms with Gasteiger partial charge >= 0.3 is 5.97 Å². The van der Waals surface area contributed by atoms with E-state index < -0.39 is 0 Å². The van der Waals surface area contributed by atoms with Crippen LogP contribution in [0, 0.1) is 5.92 Å². The molecule has 0 heterocycles. The van der Waals surface area contributed by atoms with Crippen molar-refractivity contribution in [3.05, 3.63) is 47.5 Å². The van der Waals surface area contributed by atoms with Crippen molar-refractivity contribution in [2.75, 3.05) is 6.61 Å². The molecule has 0 aliphatic heterocycles. The number of rotatable bonds is 5. The average molecular weight is 332 g/mol. The largest absolute Gasteiger partial charge is 0.466 e. The number of hydrogen-bond acceptors (Lipinski definition) is 3. The second-order valence-electron chi connectivity index (χ2n) is 6.65. The zero-order chi connectivity index (χ0) is 17.9. The second kappa shape index (κ2) is 11.0. The van der Waals surface area contributed by atoms with Crippen molar-refractivity contribution in [3.8, 4) is 0 Å². The standard InChI is InChI=1S/C18H26O3.C3H6/c1-13-3-6-16(7-4-13)18-8-5-15(12-19)11-17(18)9-10-21-14(2)20;1-3-2/h5,8,11,13,16,19H,3-4,6-7,9-10,12H2,1-2H3;3H,1H2,2H3. The summed E-state index contributed by atoms with van der Waals surface area (Å²) in [5.41, 5.74) is 3.54. The number of allylic oxidation sites excluding steroid dienone is 1. The Morgan fingerprint density at radius 1 is 1.33 bits per heavy atom. The number of carbonyl (C=O) groups excluding carboxylic acids is 1. The minimum absolute atomic E-state index is 0.0581. The maximum atomic E-state index is 10.9. The van der Waals surface area contributed by atoms with Gasteiger partial charge < -0.3 is 9.84 Å². The maximum absolute atomic E-state index is 10.9. The van der Waals surface area contributed by atoms with E-state index in [2.05, 4.69) is 25.6 Å². The normalized spacial score (nSPS) is 19.8. The van der Waals surface area contributed by atoms with Crippen LogP contribution in [-0.4, -0.2) is 17.7 Å². The van der Waals surface area contributed by atoms with Gasteiger partial charge in [0.2, 0.25) is 0 Å². The Balaban J connectivity index is 0.000000891. The quantitative estimate of drug-likeness (QED) is 0.624. The lowest BCUT2D eigenvalue weighted by Gasteiger charge is -2.28. The molecular formula is C21H32O3. The van der Waals surface area contributed by atoms with Gasteiger partial charge in [-0.2, -0.15) is 0 Å². The summed E-state index contributed by atoms with van der Waals surface area (Å²) >= 11 is 0. The molecule has 1 aliphatic carbocycles. The molecule has 134 valence electrons. The highest BCUT2D eigenvalue weighted by atomic mass is 16.5. The first-order chi connectivity index (χ1) is 11.5. The molecule has 3 nitrogen and oxygen atoms in total. The Hall–Kier alpha value is -1.61. The Kier molecular flexibility index (Phi) is 9.39. The van der Waals surface area contributed by atoms with Gasteiger partial charge in [0.05, 0.1) is 13.2 Å². The lowest BCUT2D eigenvalue weighted by atomic mass is 9.77. The Morgan fingerprint density at radius 3 is 2.50 bits per heavy atom. The summed E-state index contributed by atoms with van der Waals surface area (Å²) < 4.78 is 5.08. The lowest BCUT2D eigenvalue weighted by Crippen LogP contribution is -2.14. The molecule has 0 spiro atoms. The lowest BCUT2D eigenvalue weighted by molar-refractivity contribution is -0.140. The minimum Gasteiger partial charge on any atom is -0.466 e. The highest BCUT2D eigenvalue weighted by Gasteiger charge is 2.21. The van der Waals surface area contributed by atoms with Gasteiger partial charge in [0, 0.05) is 13.3 Å². The van der Waals surface area contributed by atoms with Gasteiger partial charge in [-0.05, 0) is 48.3 Å². The summed E-state index contributed by atoms with van der Waals surface area (Å²) in [4.78, 5) is 10.9. The summed E-state index contributed by atoms with van der Waals surface area (Å²) in [5, 5.41) is 9.33. The molecule has 0 radical (unpaired) electrons. The first-order valence-electron chi connectivity index (χ1n) is 8.94. The van der Waals surface area contributed by atoms with Gasteiger partial charge in [-0.3, -0.25) is 4.79 Å². The van der Waals surface area contributed by atoms with Gasteiger partial charge in [-0.1, -0.05) is 44.0 Å². The van der Waals surface area contributed by atoms with Crippen LogP contribution in [0.5, 0.6) is 0 Å². The number of ether oxygens (including phenoxy) is 1. The topological polar surface area (TPSA) is 46.5 Å². The smallest absolute Gasteiger partial charge is 0.302 e. The molecule has 1 aromatic rings. The molecule has 0 unspecified atom stereocenters. The van der Waals surface area contributed by atoms with E-state index in [4.69, 9.17) is 4.74 Å².